The van der Waals surface area contributed by atoms with Gasteiger partial charge in [0.15, 0.2) is 0 Å². The second kappa shape index (κ2) is 6.55. The quantitative estimate of drug-likeness (QED) is 0.894. The van der Waals surface area contributed by atoms with Gasteiger partial charge in [-0.05, 0) is 0 Å². The maximum atomic E-state index is 5.86. The molecular weight excluding hydrogens is 268 g/mol. The fourth-order valence-corrected chi connectivity index (χ4v) is 2.46. The second-order valence-electron chi connectivity index (χ2n) is 4.88. The van der Waals surface area contributed by atoms with Crippen LogP contribution in [0, 0.1) is 0 Å². The van der Waals surface area contributed by atoms with Crippen LogP contribution in [0.25, 0.3) is 0 Å². The highest BCUT2D eigenvalue weighted by Gasteiger charge is 2.25. The Bertz CT molecular complexity index is 579. The molecule has 1 saturated heterocycles. The van der Waals surface area contributed by atoms with Gasteiger partial charge in [0.1, 0.15) is 23.9 Å². The first-order valence-electron chi connectivity index (χ1n) is 6.93. The highest BCUT2D eigenvalue weighted by atomic mass is 16.5. The van der Waals surface area contributed by atoms with E-state index in [1.54, 1.807) is 18.7 Å². The van der Waals surface area contributed by atoms with E-state index in [0.717, 1.165) is 36.7 Å². The summed E-state index contributed by atoms with van der Waals surface area (Å²) in [6, 6.07) is 0. The van der Waals surface area contributed by atoms with Crippen LogP contribution in [-0.2, 0) is 11.3 Å². The Morgan fingerprint density at radius 1 is 1.29 bits per heavy atom. The molecule has 1 aliphatic heterocycles. The number of rotatable bonds is 4. The van der Waals surface area contributed by atoms with Crippen molar-refractivity contribution < 1.29 is 4.74 Å². The van der Waals surface area contributed by atoms with Gasteiger partial charge >= 0.3 is 0 Å². The largest absolute Gasteiger partial charge is 0.372 e. The lowest BCUT2D eigenvalue weighted by atomic mass is 10.2. The number of nitrogens with one attached hydrogen (secondary N) is 1. The first kappa shape index (κ1) is 13.8. The maximum Gasteiger partial charge on any atom is 0.150 e. The smallest absolute Gasteiger partial charge is 0.150 e. The summed E-state index contributed by atoms with van der Waals surface area (Å²) in [5.41, 5.74) is 1.96. The van der Waals surface area contributed by atoms with Crippen molar-refractivity contribution in [1.82, 2.24) is 24.8 Å². The van der Waals surface area contributed by atoms with Gasteiger partial charge < -0.3 is 10.1 Å². The SMILES string of the molecule is CNc1nccnc1[C@@H]1CN(Cc2cncnc2)CCO1. The summed E-state index contributed by atoms with van der Waals surface area (Å²) in [6.07, 6.45) is 8.54. The molecule has 110 valence electrons. The molecule has 0 radical (unpaired) electrons. The monoisotopic (exact) mass is 286 g/mol. The van der Waals surface area contributed by atoms with Gasteiger partial charge in [-0.15, -0.1) is 0 Å². The summed E-state index contributed by atoms with van der Waals surface area (Å²) in [5.74, 6) is 0.771. The van der Waals surface area contributed by atoms with Crippen molar-refractivity contribution in [3.8, 4) is 0 Å². The molecule has 0 unspecified atom stereocenters. The van der Waals surface area contributed by atoms with E-state index in [2.05, 4.69) is 30.2 Å². The van der Waals surface area contributed by atoms with Crippen LogP contribution in [0.1, 0.15) is 17.4 Å². The van der Waals surface area contributed by atoms with E-state index in [0.29, 0.717) is 6.61 Å². The number of aromatic nitrogens is 4. The lowest BCUT2D eigenvalue weighted by molar-refractivity contribution is -0.0348. The van der Waals surface area contributed by atoms with E-state index < -0.39 is 0 Å². The molecule has 2 aromatic rings. The lowest BCUT2D eigenvalue weighted by Gasteiger charge is -2.32. The Morgan fingerprint density at radius 3 is 2.90 bits per heavy atom. The first-order valence-corrected chi connectivity index (χ1v) is 6.93. The zero-order valence-electron chi connectivity index (χ0n) is 11.9. The summed E-state index contributed by atoms with van der Waals surface area (Å²) >= 11 is 0. The number of nitrogens with zero attached hydrogens (tertiary/aromatic N) is 5. The molecule has 0 aromatic carbocycles. The van der Waals surface area contributed by atoms with Crippen LogP contribution in [0.5, 0.6) is 0 Å². The van der Waals surface area contributed by atoms with Gasteiger partial charge in [-0.1, -0.05) is 0 Å². The summed E-state index contributed by atoms with van der Waals surface area (Å²) in [4.78, 5) is 19.1. The summed E-state index contributed by atoms with van der Waals surface area (Å²) < 4.78 is 5.86. The molecule has 1 N–H and O–H groups in total. The molecule has 3 rings (SSSR count). The fourth-order valence-electron chi connectivity index (χ4n) is 2.46. The van der Waals surface area contributed by atoms with E-state index >= 15 is 0 Å². The topological polar surface area (TPSA) is 76.1 Å². The predicted molar refractivity (Wildman–Crippen MR) is 77.6 cm³/mol. The minimum atomic E-state index is -0.0699. The molecular formula is C14H18N6O. The van der Waals surface area contributed by atoms with Crippen molar-refractivity contribution in [3.63, 3.8) is 0 Å². The molecule has 0 aliphatic carbocycles. The summed E-state index contributed by atoms with van der Waals surface area (Å²) in [6.45, 7) is 3.16. The molecule has 0 amide bonds. The van der Waals surface area contributed by atoms with E-state index in [-0.39, 0.29) is 6.10 Å². The average Bonchev–Trinajstić information content (AvgIpc) is 2.56. The van der Waals surface area contributed by atoms with Gasteiger partial charge in [-0.2, -0.15) is 0 Å². The zero-order chi connectivity index (χ0) is 14.5. The molecule has 1 aliphatic rings. The van der Waals surface area contributed by atoms with Crippen LogP contribution in [-0.4, -0.2) is 51.6 Å². The normalized spacial score (nSPS) is 19.4. The van der Waals surface area contributed by atoms with Gasteiger partial charge in [0.05, 0.1) is 6.61 Å². The summed E-state index contributed by atoms with van der Waals surface area (Å²) in [5, 5.41) is 3.07. The third-order valence-corrected chi connectivity index (χ3v) is 3.44. The highest BCUT2D eigenvalue weighted by Crippen LogP contribution is 2.25. The van der Waals surface area contributed by atoms with Crippen LogP contribution >= 0.6 is 0 Å². The van der Waals surface area contributed by atoms with Crippen LogP contribution in [0.3, 0.4) is 0 Å². The lowest BCUT2D eigenvalue weighted by Crippen LogP contribution is -2.38. The zero-order valence-corrected chi connectivity index (χ0v) is 11.9. The number of hydrogen-bond donors (Lipinski definition) is 1. The minimum Gasteiger partial charge on any atom is -0.372 e. The van der Waals surface area contributed by atoms with Gasteiger partial charge in [0.25, 0.3) is 0 Å². The molecule has 7 nitrogen and oxygen atoms in total. The van der Waals surface area contributed by atoms with Crippen LogP contribution in [0.2, 0.25) is 0 Å². The van der Waals surface area contributed by atoms with Crippen LogP contribution in [0.4, 0.5) is 5.82 Å². The molecule has 3 heterocycles. The van der Waals surface area contributed by atoms with E-state index in [4.69, 9.17) is 4.74 Å². The fraction of sp³-hybridized carbons (Fsp3) is 0.429. The third-order valence-electron chi connectivity index (χ3n) is 3.44. The van der Waals surface area contributed by atoms with E-state index in [1.165, 1.54) is 0 Å². The Balaban J connectivity index is 1.71. The Labute approximate surface area is 123 Å². The van der Waals surface area contributed by atoms with Crippen molar-refractivity contribution in [1.29, 1.82) is 0 Å². The van der Waals surface area contributed by atoms with Gasteiger partial charge in [-0.3, -0.25) is 9.88 Å². The Hall–Kier alpha value is -2.12. The molecule has 2 aromatic heterocycles. The van der Waals surface area contributed by atoms with Gasteiger partial charge in [0.2, 0.25) is 0 Å². The molecule has 1 fully saturated rings. The molecule has 0 spiro atoms. The number of anilines is 1. The highest BCUT2D eigenvalue weighted by molar-refractivity contribution is 5.40. The van der Waals surface area contributed by atoms with Crippen molar-refractivity contribution in [2.24, 2.45) is 0 Å². The predicted octanol–water partition coefficient (Wildman–Crippen LogP) is 0.882. The number of morpholine rings is 1. The Kier molecular flexibility index (Phi) is 4.32. The van der Waals surface area contributed by atoms with Gasteiger partial charge in [-0.25, -0.2) is 15.0 Å². The Morgan fingerprint density at radius 2 is 2.10 bits per heavy atom. The number of hydrogen-bond acceptors (Lipinski definition) is 7. The van der Waals surface area contributed by atoms with Gasteiger partial charge in [0, 0.05) is 57.0 Å². The molecule has 1 atom stereocenters. The van der Waals surface area contributed by atoms with Crippen molar-refractivity contribution in [2.45, 2.75) is 12.6 Å². The minimum absolute atomic E-state index is 0.0699. The second-order valence-corrected chi connectivity index (χ2v) is 4.88. The maximum absolute atomic E-state index is 5.86. The average molecular weight is 286 g/mol. The number of ether oxygens (including phenoxy) is 1. The third kappa shape index (κ3) is 3.32. The summed E-state index contributed by atoms with van der Waals surface area (Å²) in [7, 11) is 1.84. The first-order chi connectivity index (χ1) is 10.4. The molecule has 0 bridgehead atoms. The van der Waals surface area contributed by atoms with Crippen molar-refractivity contribution in [3.05, 3.63) is 42.4 Å². The molecule has 0 saturated carbocycles. The van der Waals surface area contributed by atoms with E-state index in [9.17, 15) is 0 Å². The molecule has 7 heteroatoms. The molecule has 21 heavy (non-hydrogen) atoms. The standard InChI is InChI=1S/C14H18N6O/c1-15-14-13(18-2-3-19-14)12-9-20(4-5-21-12)8-11-6-16-10-17-7-11/h2-3,6-7,10,12H,4-5,8-9H2,1H3,(H,15,19)/t12-/m0/s1. The van der Waals surface area contributed by atoms with Crippen molar-refractivity contribution in [2.75, 3.05) is 32.1 Å². The van der Waals surface area contributed by atoms with E-state index in [1.807, 2.05) is 19.4 Å². The van der Waals surface area contributed by atoms with Crippen molar-refractivity contribution >= 4 is 5.82 Å². The van der Waals surface area contributed by atoms with Crippen LogP contribution in [0.15, 0.2) is 31.1 Å². The van der Waals surface area contributed by atoms with Crippen LogP contribution < -0.4 is 5.32 Å².